The number of nitrogens with zero attached hydrogens (tertiary/aromatic N) is 8. The van der Waals surface area contributed by atoms with Gasteiger partial charge in [0.05, 0.1) is 73.2 Å². The maximum Gasteiger partial charge on any atom is 0.251 e. The summed E-state index contributed by atoms with van der Waals surface area (Å²) >= 11 is 0. The lowest BCUT2D eigenvalue weighted by Crippen LogP contribution is -2.53. The Bertz CT molecular complexity index is 1880. The molecule has 0 radical (unpaired) electrons. The number of carbonyl (C=O) groups excluding carboxylic acids is 2. The molecule has 6 atom stereocenters. The normalized spacial score (nSPS) is 20.9. The third kappa shape index (κ3) is 9.49. The Hall–Kier alpha value is -5.60. The molecule has 4 heterocycles. The van der Waals surface area contributed by atoms with E-state index in [0.29, 0.717) is 59.4 Å². The molecule has 2 aromatic carbocycles. The molecular weight excluding hydrogens is 700 g/mol. The van der Waals surface area contributed by atoms with Crippen molar-refractivity contribution in [3.8, 4) is 12.1 Å². The number of benzene rings is 2. The lowest BCUT2D eigenvalue weighted by Gasteiger charge is -2.37. The Balaban J connectivity index is 0.000000208. The van der Waals surface area contributed by atoms with E-state index in [9.17, 15) is 30.3 Å². The van der Waals surface area contributed by atoms with Crippen molar-refractivity contribution < 1.29 is 39.5 Å². The number of aliphatic hydroxyl groups excluding tert-OH is 4. The number of carbonyl (C=O) groups is 2. The van der Waals surface area contributed by atoms with Crippen LogP contribution >= 0.6 is 0 Å². The van der Waals surface area contributed by atoms with E-state index in [0.717, 1.165) is 11.4 Å². The molecule has 54 heavy (non-hydrogen) atoms. The first kappa shape index (κ1) is 39.6. The molecule has 0 spiro atoms. The molecule has 18 heteroatoms. The fraction of sp³-hybridized carbons (Fsp3) is 0.444. The number of nitrogens with one attached hydrogen (secondary N) is 2. The molecule has 4 aromatic rings. The van der Waals surface area contributed by atoms with Crippen molar-refractivity contribution in [2.75, 3.05) is 62.3 Å². The van der Waals surface area contributed by atoms with Gasteiger partial charge < -0.3 is 50.3 Å². The molecule has 0 aliphatic carbocycles. The predicted molar refractivity (Wildman–Crippen MR) is 194 cm³/mol. The fourth-order valence-corrected chi connectivity index (χ4v) is 6.16. The SMILES string of the molecule is CC1CN(c2ccc(C#N)c3nccnc23)CC(C(=O)NC[C@@H](O)CO)O1.CC1CN(c2ccc(C#N)c3nccnc23)CC(C(=O)NC[C@@H](O)CO)O1. The van der Waals surface area contributed by atoms with E-state index in [4.69, 9.17) is 19.7 Å². The number of nitriles is 2. The number of hydrogen-bond acceptors (Lipinski definition) is 16. The molecule has 2 saturated heterocycles. The molecular formula is C36H42N10O8. The number of aromatic nitrogens is 4. The summed E-state index contributed by atoms with van der Waals surface area (Å²) in [6.07, 6.45) is 2.31. The average Bonchev–Trinajstić information content (AvgIpc) is 3.20. The second kappa shape index (κ2) is 18.4. The molecule has 0 bridgehead atoms. The van der Waals surface area contributed by atoms with Gasteiger partial charge >= 0.3 is 0 Å². The quantitative estimate of drug-likeness (QED) is 0.115. The van der Waals surface area contributed by atoms with Gasteiger partial charge in [-0.15, -0.1) is 0 Å². The number of ether oxygens (including phenoxy) is 2. The van der Waals surface area contributed by atoms with Gasteiger partial charge in [0.1, 0.15) is 34.2 Å². The van der Waals surface area contributed by atoms with Gasteiger partial charge in [0.15, 0.2) is 12.2 Å². The minimum absolute atomic E-state index is 0.0468. The lowest BCUT2D eigenvalue weighted by molar-refractivity contribution is -0.138. The van der Waals surface area contributed by atoms with Crippen LogP contribution in [0.1, 0.15) is 25.0 Å². The summed E-state index contributed by atoms with van der Waals surface area (Å²) in [4.78, 5) is 46.0. The van der Waals surface area contributed by atoms with E-state index in [1.165, 1.54) is 12.4 Å². The first-order valence-electron chi connectivity index (χ1n) is 17.3. The van der Waals surface area contributed by atoms with Gasteiger partial charge in [-0.05, 0) is 38.1 Å². The molecule has 2 aliphatic rings. The molecule has 6 rings (SSSR count). The molecule has 284 valence electrons. The van der Waals surface area contributed by atoms with Crippen molar-refractivity contribution in [2.24, 2.45) is 0 Å². The van der Waals surface area contributed by atoms with Crippen molar-refractivity contribution in [1.82, 2.24) is 30.6 Å². The molecule has 2 aromatic heterocycles. The standard InChI is InChI=1S/2C18H21N5O4/c2*1-11-8-23(9-15(27-11)18(26)22-7-13(25)10-24)14-3-2-12(6-19)16-17(14)21-5-4-20-16/h2*2-5,11,13,15,24-25H,7-10H2,1H3,(H,22,26)/t2*11?,13-,15?/m11/s1. The number of anilines is 2. The van der Waals surface area contributed by atoms with Crippen molar-refractivity contribution in [3.05, 3.63) is 60.2 Å². The number of fused-ring (bicyclic) bond motifs is 2. The van der Waals surface area contributed by atoms with Gasteiger partial charge in [0, 0.05) is 51.0 Å². The van der Waals surface area contributed by atoms with Crippen LogP contribution in [0.5, 0.6) is 0 Å². The Kier molecular flexibility index (Phi) is 13.5. The first-order chi connectivity index (χ1) is 26.1. The zero-order chi connectivity index (χ0) is 38.8. The van der Waals surface area contributed by atoms with E-state index in [1.807, 2.05) is 23.6 Å². The van der Waals surface area contributed by atoms with Crippen LogP contribution in [-0.4, -0.2) is 141 Å². The molecule has 2 amide bonds. The lowest BCUT2D eigenvalue weighted by atomic mass is 10.1. The Labute approximate surface area is 310 Å². The average molecular weight is 743 g/mol. The van der Waals surface area contributed by atoms with Crippen molar-refractivity contribution in [2.45, 2.75) is 50.5 Å². The van der Waals surface area contributed by atoms with Crippen LogP contribution in [0.15, 0.2) is 49.1 Å². The largest absolute Gasteiger partial charge is 0.394 e. The van der Waals surface area contributed by atoms with Crippen LogP contribution < -0.4 is 20.4 Å². The van der Waals surface area contributed by atoms with Crippen molar-refractivity contribution in [3.63, 3.8) is 0 Å². The zero-order valence-electron chi connectivity index (χ0n) is 29.7. The van der Waals surface area contributed by atoms with E-state index in [1.54, 1.807) is 36.7 Å². The number of morpholine rings is 2. The minimum Gasteiger partial charge on any atom is -0.394 e. The molecule has 6 N–H and O–H groups in total. The monoisotopic (exact) mass is 742 g/mol. The van der Waals surface area contributed by atoms with Gasteiger partial charge in [0.25, 0.3) is 11.8 Å². The fourth-order valence-electron chi connectivity index (χ4n) is 6.16. The Morgan fingerprint density at radius 1 is 0.704 bits per heavy atom. The maximum atomic E-state index is 12.4. The van der Waals surface area contributed by atoms with Crippen LogP contribution in [0.3, 0.4) is 0 Å². The van der Waals surface area contributed by atoms with Crippen molar-refractivity contribution in [1.29, 1.82) is 10.5 Å². The van der Waals surface area contributed by atoms with E-state index in [2.05, 4.69) is 42.7 Å². The smallest absolute Gasteiger partial charge is 0.251 e. The third-order valence-electron chi connectivity index (χ3n) is 8.68. The highest BCUT2D eigenvalue weighted by Gasteiger charge is 2.33. The summed E-state index contributed by atoms with van der Waals surface area (Å²) in [5, 5.41) is 60.2. The maximum absolute atomic E-state index is 12.4. The van der Waals surface area contributed by atoms with Crippen LogP contribution in [0.2, 0.25) is 0 Å². The van der Waals surface area contributed by atoms with Gasteiger partial charge in [-0.25, -0.2) is 0 Å². The summed E-state index contributed by atoms with van der Waals surface area (Å²) < 4.78 is 11.5. The molecule has 2 fully saturated rings. The summed E-state index contributed by atoms with van der Waals surface area (Å²) in [7, 11) is 0. The molecule has 0 saturated carbocycles. The van der Waals surface area contributed by atoms with Gasteiger partial charge in [0.2, 0.25) is 0 Å². The number of amides is 2. The first-order valence-corrected chi connectivity index (χ1v) is 17.3. The minimum atomic E-state index is -1.01. The number of aliphatic hydroxyl groups is 4. The van der Waals surface area contributed by atoms with Gasteiger partial charge in [-0.3, -0.25) is 29.5 Å². The second-order valence-corrected chi connectivity index (χ2v) is 12.8. The van der Waals surface area contributed by atoms with Crippen LogP contribution in [-0.2, 0) is 19.1 Å². The van der Waals surface area contributed by atoms with Crippen molar-refractivity contribution >= 4 is 45.3 Å². The highest BCUT2D eigenvalue weighted by atomic mass is 16.5. The van der Waals surface area contributed by atoms with E-state index >= 15 is 0 Å². The molecule has 2 aliphatic heterocycles. The summed E-state index contributed by atoms with van der Waals surface area (Å²) in [6, 6.07) is 11.2. The van der Waals surface area contributed by atoms with E-state index in [-0.39, 0.29) is 37.1 Å². The number of hydrogen-bond donors (Lipinski definition) is 6. The molecule has 4 unspecified atom stereocenters. The summed E-state index contributed by atoms with van der Waals surface area (Å²) in [5.41, 5.74) is 4.67. The van der Waals surface area contributed by atoms with Crippen LogP contribution in [0, 0.1) is 22.7 Å². The van der Waals surface area contributed by atoms with Crippen LogP contribution in [0.4, 0.5) is 11.4 Å². The summed E-state index contributed by atoms with van der Waals surface area (Å²) in [6.45, 7) is 4.49. The molecule has 18 nitrogen and oxygen atoms in total. The topological polar surface area (TPSA) is 263 Å². The highest BCUT2D eigenvalue weighted by molar-refractivity contribution is 5.93. The Morgan fingerprint density at radius 3 is 1.43 bits per heavy atom. The number of rotatable bonds is 10. The second-order valence-electron chi connectivity index (χ2n) is 12.8. The highest BCUT2D eigenvalue weighted by Crippen LogP contribution is 2.30. The van der Waals surface area contributed by atoms with E-state index < -0.39 is 37.6 Å². The van der Waals surface area contributed by atoms with Gasteiger partial charge in [-0.1, -0.05) is 0 Å². The third-order valence-corrected chi connectivity index (χ3v) is 8.68. The van der Waals surface area contributed by atoms with Gasteiger partial charge in [-0.2, -0.15) is 10.5 Å². The predicted octanol–water partition coefficient (Wildman–Crippen LogP) is -0.871. The van der Waals surface area contributed by atoms with Crippen LogP contribution in [0.25, 0.3) is 22.1 Å². The summed E-state index contributed by atoms with van der Waals surface area (Å²) in [5.74, 6) is -0.717. The Morgan fingerprint density at radius 2 is 1.07 bits per heavy atom. The zero-order valence-corrected chi connectivity index (χ0v) is 29.7.